The summed E-state index contributed by atoms with van der Waals surface area (Å²) in [5.41, 5.74) is 0. The maximum Gasteiger partial charge on any atom is 0.222 e. The molecule has 0 aliphatic carbocycles. The van der Waals surface area contributed by atoms with E-state index in [1.807, 2.05) is 0 Å². The molecule has 20 heavy (non-hydrogen) atoms. The minimum atomic E-state index is 0.386. The lowest BCUT2D eigenvalue weighted by Gasteiger charge is -2.42. The lowest BCUT2D eigenvalue weighted by atomic mass is 9.99. The Labute approximate surface area is 122 Å². The molecule has 4 nitrogen and oxygen atoms in total. The summed E-state index contributed by atoms with van der Waals surface area (Å²) in [5, 5.41) is 3.55. The molecule has 0 aromatic rings. The number of hydrogen-bond donors (Lipinski definition) is 1. The maximum absolute atomic E-state index is 12.5. The molecule has 1 amide bonds. The summed E-state index contributed by atoms with van der Waals surface area (Å²) in [5.74, 6) is 0.386. The van der Waals surface area contributed by atoms with E-state index in [1.54, 1.807) is 0 Å². The van der Waals surface area contributed by atoms with Gasteiger partial charge < -0.3 is 10.2 Å². The number of piperidine rings is 1. The van der Waals surface area contributed by atoms with Gasteiger partial charge in [0.25, 0.3) is 0 Å². The van der Waals surface area contributed by atoms with E-state index in [2.05, 4.69) is 22.0 Å². The first-order chi connectivity index (χ1) is 9.74. The molecule has 3 saturated heterocycles. The van der Waals surface area contributed by atoms with Crippen LogP contribution in [0.2, 0.25) is 0 Å². The van der Waals surface area contributed by atoms with Crippen molar-refractivity contribution in [2.24, 2.45) is 0 Å². The number of nitrogens with one attached hydrogen (secondary N) is 1. The zero-order valence-electron chi connectivity index (χ0n) is 12.8. The highest BCUT2D eigenvalue weighted by Crippen LogP contribution is 2.25. The molecule has 0 saturated carbocycles. The minimum Gasteiger partial charge on any atom is -0.337 e. The van der Waals surface area contributed by atoms with Crippen LogP contribution in [-0.4, -0.2) is 60.0 Å². The van der Waals surface area contributed by atoms with Gasteiger partial charge in [0.05, 0.1) is 0 Å². The third kappa shape index (κ3) is 3.17. The molecule has 114 valence electrons. The van der Waals surface area contributed by atoms with Crippen molar-refractivity contribution < 1.29 is 4.79 Å². The zero-order valence-corrected chi connectivity index (χ0v) is 12.8. The third-order valence-electron chi connectivity index (χ3n) is 5.38. The molecule has 3 heterocycles. The Balaban J connectivity index is 1.48. The molecule has 0 aromatic heterocycles. The number of nitrogens with zero attached hydrogens (tertiary/aromatic N) is 2. The van der Waals surface area contributed by atoms with Gasteiger partial charge in [0, 0.05) is 37.6 Å². The summed E-state index contributed by atoms with van der Waals surface area (Å²) < 4.78 is 0. The van der Waals surface area contributed by atoms with Gasteiger partial charge in [0.2, 0.25) is 5.91 Å². The van der Waals surface area contributed by atoms with E-state index < -0.39 is 0 Å². The molecular formula is C16H29N3O. The molecule has 3 fully saturated rings. The van der Waals surface area contributed by atoms with E-state index in [4.69, 9.17) is 0 Å². The summed E-state index contributed by atoms with van der Waals surface area (Å²) in [7, 11) is 0. The molecule has 4 heteroatoms. The van der Waals surface area contributed by atoms with Gasteiger partial charge in [0.1, 0.15) is 0 Å². The number of piperazine rings is 1. The Bertz CT molecular complexity index is 341. The van der Waals surface area contributed by atoms with Crippen molar-refractivity contribution in [1.29, 1.82) is 0 Å². The van der Waals surface area contributed by atoms with Crippen molar-refractivity contribution in [3.63, 3.8) is 0 Å². The van der Waals surface area contributed by atoms with Gasteiger partial charge in [-0.3, -0.25) is 9.69 Å². The number of carbonyl (C=O) groups is 1. The normalized spacial score (nSPS) is 35.0. The maximum atomic E-state index is 12.5. The standard InChI is InChI=1S/C16H29N3O/c1-13-11-18-10-4-6-15(18)12-19(13)16(20)8-7-14-5-2-3-9-17-14/h13-15,17H,2-12H2,1H3. The molecule has 0 bridgehead atoms. The van der Waals surface area contributed by atoms with Gasteiger partial charge in [0.15, 0.2) is 0 Å². The molecule has 0 aromatic carbocycles. The van der Waals surface area contributed by atoms with Crippen molar-refractivity contribution in [1.82, 2.24) is 15.1 Å². The van der Waals surface area contributed by atoms with Crippen molar-refractivity contribution >= 4 is 5.91 Å². The molecule has 1 N–H and O–H groups in total. The van der Waals surface area contributed by atoms with Crippen LogP contribution < -0.4 is 5.32 Å². The van der Waals surface area contributed by atoms with E-state index in [0.29, 0.717) is 24.0 Å². The molecule has 3 aliphatic rings. The fourth-order valence-electron chi connectivity index (χ4n) is 4.15. The van der Waals surface area contributed by atoms with E-state index >= 15 is 0 Å². The summed E-state index contributed by atoms with van der Waals surface area (Å²) in [6, 6.07) is 1.62. The van der Waals surface area contributed by atoms with Crippen LogP contribution in [0.4, 0.5) is 0 Å². The van der Waals surface area contributed by atoms with E-state index in [1.165, 1.54) is 38.6 Å². The predicted octanol–water partition coefficient (Wildman–Crippen LogP) is 1.60. The Hall–Kier alpha value is -0.610. The number of fused-ring (bicyclic) bond motifs is 1. The Kier molecular flexibility index (Phi) is 4.61. The van der Waals surface area contributed by atoms with Crippen LogP contribution in [0.25, 0.3) is 0 Å². The van der Waals surface area contributed by atoms with Crippen LogP contribution in [-0.2, 0) is 4.79 Å². The topological polar surface area (TPSA) is 35.6 Å². The monoisotopic (exact) mass is 279 g/mol. The van der Waals surface area contributed by atoms with E-state index in [9.17, 15) is 4.79 Å². The smallest absolute Gasteiger partial charge is 0.222 e. The first-order valence-electron chi connectivity index (χ1n) is 8.51. The molecule has 3 unspecified atom stereocenters. The highest BCUT2D eigenvalue weighted by Gasteiger charge is 2.36. The number of hydrogen-bond acceptors (Lipinski definition) is 3. The largest absolute Gasteiger partial charge is 0.337 e. The second-order valence-corrected chi connectivity index (χ2v) is 6.87. The number of amides is 1. The Morgan fingerprint density at radius 2 is 2.10 bits per heavy atom. The predicted molar refractivity (Wildman–Crippen MR) is 80.6 cm³/mol. The Morgan fingerprint density at radius 3 is 2.90 bits per heavy atom. The SMILES string of the molecule is CC1CN2CCCC2CN1C(=O)CCC1CCCCN1. The zero-order chi connectivity index (χ0) is 13.9. The number of carbonyl (C=O) groups excluding carboxylic acids is 1. The summed E-state index contributed by atoms with van der Waals surface area (Å²) in [4.78, 5) is 17.3. The Morgan fingerprint density at radius 1 is 1.20 bits per heavy atom. The van der Waals surface area contributed by atoms with Gasteiger partial charge in [-0.15, -0.1) is 0 Å². The summed E-state index contributed by atoms with van der Waals surface area (Å²) in [6.07, 6.45) is 8.21. The molecule has 3 rings (SSSR count). The average molecular weight is 279 g/mol. The minimum absolute atomic E-state index is 0.386. The summed E-state index contributed by atoms with van der Waals surface area (Å²) in [6.45, 7) is 6.64. The highest BCUT2D eigenvalue weighted by atomic mass is 16.2. The first kappa shape index (κ1) is 14.3. The van der Waals surface area contributed by atoms with Crippen LogP contribution >= 0.6 is 0 Å². The van der Waals surface area contributed by atoms with Gasteiger partial charge in [-0.2, -0.15) is 0 Å². The first-order valence-corrected chi connectivity index (χ1v) is 8.51. The van der Waals surface area contributed by atoms with Gasteiger partial charge in [-0.1, -0.05) is 6.42 Å². The molecule has 0 spiro atoms. The molecule has 3 atom stereocenters. The van der Waals surface area contributed by atoms with Crippen molar-refractivity contribution in [2.75, 3.05) is 26.2 Å². The lowest BCUT2D eigenvalue weighted by Crippen LogP contribution is -2.56. The van der Waals surface area contributed by atoms with E-state index in [-0.39, 0.29) is 0 Å². The van der Waals surface area contributed by atoms with Crippen LogP contribution in [0.5, 0.6) is 0 Å². The second-order valence-electron chi connectivity index (χ2n) is 6.87. The second kappa shape index (κ2) is 6.44. The fourth-order valence-corrected chi connectivity index (χ4v) is 4.15. The molecule has 0 radical (unpaired) electrons. The third-order valence-corrected chi connectivity index (χ3v) is 5.38. The van der Waals surface area contributed by atoms with Crippen molar-refractivity contribution in [2.45, 2.75) is 70.0 Å². The average Bonchev–Trinajstić information content (AvgIpc) is 2.92. The highest BCUT2D eigenvalue weighted by molar-refractivity contribution is 5.76. The quantitative estimate of drug-likeness (QED) is 0.852. The van der Waals surface area contributed by atoms with E-state index in [0.717, 1.165) is 32.5 Å². The van der Waals surface area contributed by atoms with Crippen molar-refractivity contribution in [3.8, 4) is 0 Å². The van der Waals surface area contributed by atoms with Crippen LogP contribution in [0.3, 0.4) is 0 Å². The van der Waals surface area contributed by atoms with Crippen LogP contribution in [0.15, 0.2) is 0 Å². The summed E-state index contributed by atoms with van der Waals surface area (Å²) >= 11 is 0. The number of rotatable bonds is 3. The van der Waals surface area contributed by atoms with Gasteiger partial charge in [-0.05, 0) is 52.1 Å². The van der Waals surface area contributed by atoms with Gasteiger partial charge in [-0.25, -0.2) is 0 Å². The van der Waals surface area contributed by atoms with Crippen molar-refractivity contribution in [3.05, 3.63) is 0 Å². The van der Waals surface area contributed by atoms with Gasteiger partial charge >= 0.3 is 0 Å². The molecular weight excluding hydrogens is 250 g/mol. The lowest BCUT2D eigenvalue weighted by molar-refractivity contribution is -0.137. The fraction of sp³-hybridized carbons (Fsp3) is 0.938. The van der Waals surface area contributed by atoms with Crippen LogP contribution in [0.1, 0.15) is 51.9 Å². The van der Waals surface area contributed by atoms with Crippen LogP contribution in [0, 0.1) is 0 Å². The molecule has 3 aliphatic heterocycles.